The van der Waals surface area contributed by atoms with Gasteiger partial charge in [-0.2, -0.15) is 22.0 Å². The first-order valence-electron chi connectivity index (χ1n) is 10.4. The van der Waals surface area contributed by atoms with E-state index in [0.29, 0.717) is 19.6 Å². The van der Waals surface area contributed by atoms with Crippen molar-refractivity contribution < 1.29 is 36.2 Å². The minimum atomic E-state index is -4.96. The molecule has 2 N–H and O–H groups in total. The third kappa shape index (κ3) is 4.75. The number of nitrogens with one attached hydrogen (secondary N) is 2. The molecule has 4 rings (SSSR count). The molecule has 1 fully saturated rings. The van der Waals surface area contributed by atoms with Crippen LogP contribution >= 0.6 is 0 Å². The third-order valence-corrected chi connectivity index (χ3v) is 5.52. The summed E-state index contributed by atoms with van der Waals surface area (Å²) in [7, 11) is 1.13. The summed E-state index contributed by atoms with van der Waals surface area (Å²) in [6.07, 6.45) is -7.74. The number of hydrogen-bond acceptors (Lipinski definition) is 7. The van der Waals surface area contributed by atoms with Crippen molar-refractivity contribution in [1.29, 1.82) is 0 Å². The minimum absolute atomic E-state index is 0.0500. The lowest BCUT2D eigenvalue weighted by Crippen LogP contribution is -2.49. The first-order chi connectivity index (χ1) is 16.0. The van der Waals surface area contributed by atoms with Gasteiger partial charge in [-0.25, -0.2) is 14.8 Å². The summed E-state index contributed by atoms with van der Waals surface area (Å²) >= 11 is 0. The van der Waals surface area contributed by atoms with Gasteiger partial charge in [0.2, 0.25) is 6.10 Å². The standard InChI is InChI=1S/C21H22F5N5O3/c1-11-9-31(6-5-27-11)15-8-12(20(22,23)10-33-2)7-14(29-15)13-3-4-28-18-16(13)17(21(24,25)26)34-19(32)30-18/h3-4,7-8,11,17,27H,5-6,9-10H2,1-2H3,(H,28,30,32)/t11-,17+/m0/s1. The molecule has 2 atom stereocenters. The number of carbonyl (C=O) groups is 1. The maximum absolute atomic E-state index is 14.9. The van der Waals surface area contributed by atoms with Crippen LogP contribution in [0.25, 0.3) is 11.3 Å². The second-order valence-corrected chi connectivity index (χ2v) is 8.11. The Kier molecular flexibility index (Phi) is 6.34. The average molecular weight is 487 g/mol. The van der Waals surface area contributed by atoms with E-state index in [1.165, 1.54) is 18.3 Å². The summed E-state index contributed by atoms with van der Waals surface area (Å²) in [6.45, 7) is 2.51. The maximum atomic E-state index is 14.9. The molecule has 1 saturated heterocycles. The number of pyridine rings is 2. The van der Waals surface area contributed by atoms with E-state index in [9.17, 15) is 26.7 Å². The van der Waals surface area contributed by atoms with Gasteiger partial charge in [0.25, 0.3) is 5.92 Å². The predicted molar refractivity (Wildman–Crippen MR) is 112 cm³/mol. The quantitative estimate of drug-likeness (QED) is 0.620. The summed E-state index contributed by atoms with van der Waals surface area (Å²) in [6, 6.07) is 3.51. The summed E-state index contributed by atoms with van der Waals surface area (Å²) in [4.78, 5) is 21.7. The van der Waals surface area contributed by atoms with Crippen molar-refractivity contribution in [2.45, 2.75) is 31.2 Å². The molecule has 0 spiro atoms. The molecular formula is C21H22F5N5O3. The number of piperazine rings is 1. The number of hydrogen-bond donors (Lipinski definition) is 2. The predicted octanol–water partition coefficient (Wildman–Crippen LogP) is 3.85. The molecule has 2 aliphatic rings. The Morgan fingerprint density at radius 3 is 2.71 bits per heavy atom. The first kappa shape index (κ1) is 24.1. The lowest BCUT2D eigenvalue weighted by molar-refractivity contribution is -0.206. The van der Waals surface area contributed by atoms with Crippen molar-refractivity contribution in [2.24, 2.45) is 0 Å². The second kappa shape index (κ2) is 8.95. The molecule has 0 bridgehead atoms. The molecule has 0 saturated carbocycles. The average Bonchev–Trinajstić information content (AvgIpc) is 2.77. The number of anilines is 2. The van der Waals surface area contributed by atoms with Crippen molar-refractivity contribution in [3.8, 4) is 11.3 Å². The van der Waals surface area contributed by atoms with Gasteiger partial charge in [-0.1, -0.05) is 0 Å². The van der Waals surface area contributed by atoms with E-state index in [-0.39, 0.29) is 28.9 Å². The molecule has 2 aliphatic heterocycles. The van der Waals surface area contributed by atoms with Crippen molar-refractivity contribution in [2.75, 3.05) is 43.6 Å². The van der Waals surface area contributed by atoms with Gasteiger partial charge in [0.1, 0.15) is 18.2 Å². The van der Waals surface area contributed by atoms with E-state index in [2.05, 4.69) is 30.1 Å². The SMILES string of the molecule is COCC(F)(F)c1cc(-c2ccnc3c2[C@H](C(F)(F)F)OC(=O)N3)nc(N2CCN[C@@H](C)C2)c1. The van der Waals surface area contributed by atoms with E-state index < -0.39 is 42.0 Å². The highest BCUT2D eigenvalue weighted by molar-refractivity contribution is 5.89. The van der Waals surface area contributed by atoms with Crippen LogP contribution in [-0.2, 0) is 15.4 Å². The summed E-state index contributed by atoms with van der Waals surface area (Å²) in [5.41, 5.74) is -1.24. The Morgan fingerprint density at radius 1 is 1.26 bits per heavy atom. The fourth-order valence-electron chi connectivity index (χ4n) is 4.02. The molecule has 34 heavy (non-hydrogen) atoms. The van der Waals surface area contributed by atoms with Crippen LogP contribution in [0.5, 0.6) is 0 Å². The molecule has 8 nitrogen and oxygen atoms in total. The smallest absolute Gasteiger partial charge is 0.430 e. The van der Waals surface area contributed by atoms with Crippen molar-refractivity contribution >= 4 is 17.7 Å². The number of methoxy groups -OCH3 is 1. The van der Waals surface area contributed by atoms with E-state index in [4.69, 9.17) is 0 Å². The van der Waals surface area contributed by atoms with Gasteiger partial charge in [-0.05, 0) is 25.1 Å². The topological polar surface area (TPSA) is 88.6 Å². The number of carbonyl (C=O) groups excluding carboxylic acids is 1. The number of rotatable bonds is 5. The molecule has 4 heterocycles. The zero-order valence-electron chi connectivity index (χ0n) is 18.2. The van der Waals surface area contributed by atoms with Crippen LogP contribution < -0.4 is 15.5 Å². The number of nitrogens with zero attached hydrogens (tertiary/aromatic N) is 3. The van der Waals surface area contributed by atoms with Crippen LogP contribution in [0, 0.1) is 0 Å². The fraction of sp³-hybridized carbons (Fsp3) is 0.476. The van der Waals surface area contributed by atoms with Crippen LogP contribution in [0.2, 0.25) is 0 Å². The van der Waals surface area contributed by atoms with E-state index >= 15 is 0 Å². The number of alkyl halides is 5. The lowest BCUT2D eigenvalue weighted by atomic mass is 9.97. The molecule has 0 radical (unpaired) electrons. The Labute approximate surface area is 191 Å². The van der Waals surface area contributed by atoms with Crippen LogP contribution in [0.4, 0.5) is 38.4 Å². The van der Waals surface area contributed by atoms with E-state index in [1.54, 1.807) is 4.90 Å². The number of cyclic esters (lactones) is 1. The van der Waals surface area contributed by atoms with Gasteiger partial charge in [0.15, 0.2) is 0 Å². The maximum Gasteiger partial charge on any atom is 0.430 e. The molecule has 2 aromatic rings. The van der Waals surface area contributed by atoms with E-state index in [1.807, 2.05) is 6.92 Å². The summed E-state index contributed by atoms with van der Waals surface area (Å²) < 4.78 is 80.2. The molecule has 0 unspecified atom stereocenters. The van der Waals surface area contributed by atoms with Crippen LogP contribution in [0.1, 0.15) is 24.2 Å². The van der Waals surface area contributed by atoms with E-state index in [0.717, 1.165) is 13.2 Å². The van der Waals surface area contributed by atoms with Crippen molar-refractivity contribution in [3.63, 3.8) is 0 Å². The van der Waals surface area contributed by atoms with Crippen LogP contribution in [0.15, 0.2) is 24.4 Å². The number of fused-ring (bicyclic) bond motifs is 1. The van der Waals surface area contributed by atoms with Crippen molar-refractivity contribution in [1.82, 2.24) is 15.3 Å². The largest absolute Gasteiger partial charge is 0.431 e. The molecular weight excluding hydrogens is 465 g/mol. The number of aromatic nitrogens is 2. The Morgan fingerprint density at radius 2 is 2.03 bits per heavy atom. The zero-order valence-corrected chi connectivity index (χ0v) is 18.2. The Hall–Kier alpha value is -3.06. The fourth-order valence-corrected chi connectivity index (χ4v) is 4.02. The van der Waals surface area contributed by atoms with Gasteiger partial charge < -0.3 is 19.7 Å². The highest BCUT2D eigenvalue weighted by Crippen LogP contribution is 2.46. The molecule has 184 valence electrons. The zero-order chi connectivity index (χ0) is 24.7. The summed E-state index contributed by atoms with van der Waals surface area (Å²) in [5.74, 6) is -3.61. The third-order valence-electron chi connectivity index (χ3n) is 5.52. The van der Waals surface area contributed by atoms with Crippen LogP contribution in [0.3, 0.4) is 0 Å². The number of halogens is 5. The van der Waals surface area contributed by atoms with Gasteiger partial charge >= 0.3 is 12.3 Å². The lowest BCUT2D eigenvalue weighted by Gasteiger charge is -2.34. The van der Waals surface area contributed by atoms with Gasteiger partial charge in [0.05, 0.1) is 11.3 Å². The number of amides is 1. The van der Waals surface area contributed by atoms with Gasteiger partial charge in [-0.15, -0.1) is 0 Å². The Balaban J connectivity index is 1.90. The highest BCUT2D eigenvalue weighted by Gasteiger charge is 2.49. The van der Waals surface area contributed by atoms with Gasteiger partial charge in [-0.3, -0.25) is 5.32 Å². The molecule has 2 aromatic heterocycles. The number of ether oxygens (including phenoxy) is 2. The minimum Gasteiger partial charge on any atom is -0.431 e. The highest BCUT2D eigenvalue weighted by atomic mass is 19.4. The monoisotopic (exact) mass is 487 g/mol. The molecule has 0 aliphatic carbocycles. The van der Waals surface area contributed by atoms with Gasteiger partial charge in [0, 0.05) is 50.1 Å². The second-order valence-electron chi connectivity index (χ2n) is 8.11. The summed E-state index contributed by atoms with van der Waals surface area (Å²) in [5, 5.41) is 5.37. The molecule has 0 aromatic carbocycles. The molecule has 1 amide bonds. The Bertz CT molecular complexity index is 1080. The first-order valence-corrected chi connectivity index (χ1v) is 10.4. The molecule has 13 heteroatoms. The normalized spacial score (nSPS) is 21.0. The van der Waals surface area contributed by atoms with Crippen LogP contribution in [-0.4, -0.2) is 61.6 Å². The van der Waals surface area contributed by atoms with Crippen molar-refractivity contribution in [3.05, 3.63) is 35.5 Å².